The summed E-state index contributed by atoms with van der Waals surface area (Å²) in [5, 5.41) is 0. The topological polar surface area (TPSA) is 26.0 Å². The van der Waals surface area contributed by atoms with Gasteiger partial charge in [0.1, 0.15) is 0 Å². The van der Waals surface area contributed by atoms with Crippen LogP contribution in [0.3, 0.4) is 0 Å². The van der Waals surface area contributed by atoms with Crippen molar-refractivity contribution in [3.63, 3.8) is 0 Å². The molecule has 1 aliphatic rings. The van der Waals surface area contributed by atoms with E-state index in [1.807, 2.05) is 0 Å². The molecule has 0 saturated heterocycles. The summed E-state index contributed by atoms with van der Waals surface area (Å²) < 4.78 is 0. The SMILES string of the molecule is Cc1cc(C(c2ccccc2)c2ccccc2)cc(C2CCCC2)c1N. The quantitative estimate of drug-likeness (QED) is 0.430. The van der Waals surface area contributed by atoms with Crippen LogP contribution in [0.5, 0.6) is 0 Å². The van der Waals surface area contributed by atoms with Crippen LogP contribution < -0.4 is 5.73 Å². The molecule has 132 valence electrons. The number of hydrogen-bond donors (Lipinski definition) is 1. The zero-order valence-electron chi connectivity index (χ0n) is 15.5. The molecule has 0 aromatic heterocycles. The normalized spacial score (nSPS) is 14.8. The second-order valence-corrected chi connectivity index (χ2v) is 7.58. The maximum atomic E-state index is 6.51. The number of anilines is 1. The molecule has 4 rings (SSSR count). The zero-order chi connectivity index (χ0) is 17.9. The van der Waals surface area contributed by atoms with Gasteiger partial charge in [0.05, 0.1) is 0 Å². The zero-order valence-corrected chi connectivity index (χ0v) is 15.5. The lowest BCUT2D eigenvalue weighted by Gasteiger charge is -2.23. The number of rotatable bonds is 4. The molecule has 0 amide bonds. The summed E-state index contributed by atoms with van der Waals surface area (Å²) in [4.78, 5) is 0. The van der Waals surface area contributed by atoms with Gasteiger partial charge in [0.25, 0.3) is 0 Å². The van der Waals surface area contributed by atoms with Gasteiger partial charge in [-0.2, -0.15) is 0 Å². The lowest BCUT2D eigenvalue weighted by molar-refractivity contribution is 0.722. The minimum atomic E-state index is 0.247. The van der Waals surface area contributed by atoms with Crippen molar-refractivity contribution < 1.29 is 0 Å². The van der Waals surface area contributed by atoms with E-state index in [-0.39, 0.29) is 5.92 Å². The Morgan fingerprint density at radius 3 is 1.85 bits per heavy atom. The highest BCUT2D eigenvalue weighted by Crippen LogP contribution is 2.41. The molecule has 0 bridgehead atoms. The maximum Gasteiger partial charge on any atom is 0.0379 e. The molecule has 0 spiro atoms. The Hall–Kier alpha value is -2.54. The summed E-state index contributed by atoms with van der Waals surface area (Å²) in [5.74, 6) is 0.873. The van der Waals surface area contributed by atoms with Gasteiger partial charge in [-0.05, 0) is 53.5 Å². The molecule has 0 atom stereocenters. The molecule has 0 radical (unpaired) electrons. The van der Waals surface area contributed by atoms with Crippen molar-refractivity contribution in [1.82, 2.24) is 0 Å². The Bertz CT molecular complexity index is 822. The average molecular weight is 341 g/mol. The lowest BCUT2D eigenvalue weighted by atomic mass is 9.82. The van der Waals surface area contributed by atoms with Crippen LogP contribution in [0.2, 0.25) is 0 Å². The summed E-state index contributed by atoms with van der Waals surface area (Å²) in [6, 6.07) is 26.3. The Balaban J connectivity index is 1.86. The fourth-order valence-electron chi connectivity index (χ4n) is 4.46. The highest BCUT2D eigenvalue weighted by atomic mass is 14.6. The van der Waals surface area contributed by atoms with E-state index in [1.54, 1.807) is 0 Å². The summed E-state index contributed by atoms with van der Waals surface area (Å²) in [5.41, 5.74) is 14.1. The van der Waals surface area contributed by atoms with Gasteiger partial charge >= 0.3 is 0 Å². The molecule has 0 aliphatic heterocycles. The Morgan fingerprint density at radius 2 is 1.31 bits per heavy atom. The van der Waals surface area contributed by atoms with Crippen LogP contribution in [0.1, 0.15) is 65.3 Å². The minimum absolute atomic E-state index is 0.247. The largest absolute Gasteiger partial charge is 0.398 e. The fourth-order valence-corrected chi connectivity index (χ4v) is 4.46. The van der Waals surface area contributed by atoms with Gasteiger partial charge in [0.2, 0.25) is 0 Å². The van der Waals surface area contributed by atoms with E-state index >= 15 is 0 Å². The van der Waals surface area contributed by atoms with Crippen molar-refractivity contribution in [2.24, 2.45) is 0 Å². The summed E-state index contributed by atoms with van der Waals surface area (Å²) >= 11 is 0. The van der Waals surface area contributed by atoms with Crippen LogP contribution in [0.4, 0.5) is 5.69 Å². The minimum Gasteiger partial charge on any atom is -0.398 e. The molecule has 1 heteroatoms. The van der Waals surface area contributed by atoms with Gasteiger partial charge in [-0.3, -0.25) is 0 Å². The first-order valence-electron chi connectivity index (χ1n) is 9.74. The first kappa shape index (κ1) is 16.9. The lowest BCUT2D eigenvalue weighted by Crippen LogP contribution is -2.08. The molecule has 1 aliphatic carbocycles. The number of aryl methyl sites for hydroxylation is 1. The monoisotopic (exact) mass is 341 g/mol. The van der Waals surface area contributed by atoms with Crippen molar-refractivity contribution >= 4 is 5.69 Å². The summed E-state index contributed by atoms with van der Waals surface area (Å²) in [6.07, 6.45) is 5.20. The predicted octanol–water partition coefficient (Wildman–Crippen LogP) is 6.42. The van der Waals surface area contributed by atoms with E-state index < -0.39 is 0 Å². The molecule has 1 nitrogen and oxygen atoms in total. The number of hydrogen-bond acceptors (Lipinski definition) is 1. The van der Waals surface area contributed by atoms with Gasteiger partial charge in [0, 0.05) is 11.6 Å². The molecule has 26 heavy (non-hydrogen) atoms. The molecule has 1 saturated carbocycles. The molecule has 1 fully saturated rings. The standard InChI is InChI=1S/C25H27N/c1-18-16-22(17-23(25(18)26)19-10-8-9-11-19)24(20-12-4-2-5-13-20)21-14-6-3-7-15-21/h2-7,12-17,19,24H,8-11,26H2,1H3. The Morgan fingerprint density at radius 1 is 0.769 bits per heavy atom. The van der Waals surface area contributed by atoms with Gasteiger partial charge in [-0.15, -0.1) is 0 Å². The molecule has 0 unspecified atom stereocenters. The van der Waals surface area contributed by atoms with Crippen molar-refractivity contribution in [1.29, 1.82) is 0 Å². The molecule has 3 aromatic carbocycles. The van der Waals surface area contributed by atoms with Crippen LogP contribution in [-0.2, 0) is 0 Å². The Kier molecular flexibility index (Phi) is 4.79. The highest BCUT2D eigenvalue weighted by Gasteiger charge is 2.23. The third-order valence-electron chi connectivity index (χ3n) is 5.84. The smallest absolute Gasteiger partial charge is 0.0379 e. The van der Waals surface area contributed by atoms with E-state index in [0.29, 0.717) is 5.92 Å². The van der Waals surface area contributed by atoms with Gasteiger partial charge < -0.3 is 5.73 Å². The molecule has 2 N–H and O–H groups in total. The van der Waals surface area contributed by atoms with Crippen LogP contribution >= 0.6 is 0 Å². The van der Waals surface area contributed by atoms with E-state index in [2.05, 4.69) is 79.7 Å². The maximum absolute atomic E-state index is 6.51. The van der Waals surface area contributed by atoms with Gasteiger partial charge in [-0.25, -0.2) is 0 Å². The van der Waals surface area contributed by atoms with Crippen LogP contribution in [0, 0.1) is 6.92 Å². The second-order valence-electron chi connectivity index (χ2n) is 7.58. The van der Waals surface area contributed by atoms with Crippen LogP contribution in [-0.4, -0.2) is 0 Å². The first-order valence-corrected chi connectivity index (χ1v) is 9.74. The number of benzene rings is 3. The van der Waals surface area contributed by atoms with Gasteiger partial charge in [0.15, 0.2) is 0 Å². The van der Waals surface area contributed by atoms with Crippen molar-refractivity contribution in [2.75, 3.05) is 5.73 Å². The van der Waals surface area contributed by atoms with Gasteiger partial charge in [-0.1, -0.05) is 85.6 Å². The van der Waals surface area contributed by atoms with Crippen molar-refractivity contribution in [3.05, 3.63) is 101 Å². The Labute approximate surface area is 156 Å². The van der Waals surface area contributed by atoms with Crippen molar-refractivity contribution in [3.8, 4) is 0 Å². The number of nitrogens with two attached hydrogens (primary N) is 1. The summed E-state index contributed by atoms with van der Waals surface area (Å²) in [6.45, 7) is 2.16. The molecular weight excluding hydrogens is 314 g/mol. The number of nitrogen functional groups attached to an aromatic ring is 1. The van der Waals surface area contributed by atoms with E-state index in [4.69, 9.17) is 5.73 Å². The second kappa shape index (κ2) is 7.37. The predicted molar refractivity (Wildman–Crippen MR) is 111 cm³/mol. The third kappa shape index (κ3) is 3.26. The third-order valence-corrected chi connectivity index (χ3v) is 5.84. The molecule has 0 heterocycles. The van der Waals surface area contributed by atoms with Crippen LogP contribution in [0.25, 0.3) is 0 Å². The van der Waals surface area contributed by atoms with E-state index in [1.165, 1.54) is 53.5 Å². The van der Waals surface area contributed by atoms with E-state index in [0.717, 1.165) is 5.69 Å². The first-order chi connectivity index (χ1) is 12.7. The molecule has 3 aromatic rings. The molecular formula is C25H27N. The van der Waals surface area contributed by atoms with Crippen LogP contribution in [0.15, 0.2) is 72.8 Å². The van der Waals surface area contributed by atoms with Crippen molar-refractivity contribution in [2.45, 2.75) is 44.4 Å². The average Bonchev–Trinajstić information content (AvgIpc) is 3.21. The van der Waals surface area contributed by atoms with E-state index in [9.17, 15) is 0 Å². The fraction of sp³-hybridized carbons (Fsp3) is 0.280. The summed E-state index contributed by atoms with van der Waals surface area (Å²) in [7, 11) is 0. The highest BCUT2D eigenvalue weighted by molar-refractivity contribution is 5.59.